The number of benzene rings is 3. The average molecular weight is 472 g/mol. The fourth-order valence-corrected chi connectivity index (χ4v) is 4.30. The van der Waals surface area contributed by atoms with Gasteiger partial charge in [0.05, 0.1) is 25.3 Å². The van der Waals surface area contributed by atoms with Crippen molar-refractivity contribution in [3.05, 3.63) is 94.6 Å². The van der Waals surface area contributed by atoms with Gasteiger partial charge in [0.15, 0.2) is 0 Å². The number of rotatable bonds is 7. The Balaban J connectivity index is 1.94. The molecule has 1 heterocycles. The Morgan fingerprint density at radius 2 is 1.71 bits per heavy atom. The number of aryl methyl sites for hydroxylation is 2. The lowest BCUT2D eigenvalue weighted by molar-refractivity contribution is -0.132. The number of aliphatic hydroxyl groups excluding tert-OH is 1. The number of methoxy groups -OCH3 is 1. The largest absolute Gasteiger partial charge is 0.507 e. The highest BCUT2D eigenvalue weighted by Crippen LogP contribution is 2.44. The lowest BCUT2D eigenvalue weighted by atomic mass is 9.94. The Labute approximate surface area is 205 Å². The molecule has 180 valence electrons. The van der Waals surface area contributed by atoms with Crippen LogP contribution in [0.1, 0.15) is 41.6 Å². The molecule has 1 saturated heterocycles. The van der Waals surface area contributed by atoms with Gasteiger partial charge < -0.3 is 14.6 Å². The van der Waals surface area contributed by atoms with Gasteiger partial charge in [-0.05, 0) is 67.3 Å². The van der Waals surface area contributed by atoms with Gasteiger partial charge in [0, 0.05) is 11.3 Å². The van der Waals surface area contributed by atoms with E-state index in [1.54, 1.807) is 49.6 Å². The van der Waals surface area contributed by atoms with Crippen LogP contribution in [-0.4, -0.2) is 30.5 Å². The van der Waals surface area contributed by atoms with Crippen molar-refractivity contribution in [2.75, 3.05) is 18.6 Å². The molecular weight excluding hydrogens is 442 g/mol. The minimum absolute atomic E-state index is 0.0248. The molecule has 1 unspecified atom stereocenters. The fraction of sp³-hybridized carbons (Fsp3) is 0.241. The van der Waals surface area contributed by atoms with Gasteiger partial charge in [-0.1, -0.05) is 43.3 Å². The highest BCUT2D eigenvalue weighted by Gasteiger charge is 2.47. The highest BCUT2D eigenvalue weighted by molar-refractivity contribution is 6.51. The second-order valence-corrected chi connectivity index (χ2v) is 8.61. The molecule has 1 aliphatic heterocycles. The Bertz CT molecular complexity index is 1310. The third kappa shape index (κ3) is 4.64. The number of carbonyl (C=O) groups excluding carboxylic acids is 2. The number of carbonyl (C=O) groups is 2. The maximum absolute atomic E-state index is 13.4. The summed E-state index contributed by atoms with van der Waals surface area (Å²) in [5.74, 6) is -0.505. The Morgan fingerprint density at radius 1 is 0.971 bits per heavy atom. The lowest BCUT2D eigenvalue weighted by Crippen LogP contribution is -2.30. The molecular formula is C29H29NO5. The first-order valence-corrected chi connectivity index (χ1v) is 11.6. The van der Waals surface area contributed by atoms with E-state index in [0.29, 0.717) is 34.9 Å². The molecule has 0 aliphatic carbocycles. The predicted molar refractivity (Wildman–Crippen MR) is 136 cm³/mol. The number of ether oxygens (including phenoxy) is 2. The van der Waals surface area contributed by atoms with E-state index in [4.69, 9.17) is 9.47 Å². The summed E-state index contributed by atoms with van der Waals surface area (Å²) < 4.78 is 11.1. The standard InChI is InChI=1S/C29H29NO5/c1-5-14-35-23-11-7-9-21(17-23)27(31)25-26(20-8-6-10-22(16-20)34-4)30(29(33)28(25)32)24-15-18(2)12-13-19(24)3/h6-13,15-17,26,31H,5,14H2,1-4H3/b27-25+. The van der Waals surface area contributed by atoms with Gasteiger partial charge in [0.1, 0.15) is 17.3 Å². The average Bonchev–Trinajstić information content (AvgIpc) is 3.14. The molecule has 1 fully saturated rings. The van der Waals surface area contributed by atoms with Gasteiger partial charge in [-0.25, -0.2) is 0 Å². The van der Waals surface area contributed by atoms with Crippen molar-refractivity contribution in [1.29, 1.82) is 0 Å². The molecule has 4 rings (SSSR count). The minimum atomic E-state index is -0.828. The molecule has 0 spiro atoms. The lowest BCUT2D eigenvalue weighted by Gasteiger charge is -2.27. The van der Waals surface area contributed by atoms with Gasteiger partial charge >= 0.3 is 0 Å². The maximum atomic E-state index is 13.4. The van der Waals surface area contributed by atoms with Crippen LogP contribution in [0.25, 0.3) is 5.76 Å². The third-order valence-electron chi connectivity index (χ3n) is 6.06. The molecule has 35 heavy (non-hydrogen) atoms. The van der Waals surface area contributed by atoms with Crippen molar-refractivity contribution >= 4 is 23.1 Å². The van der Waals surface area contributed by atoms with Crippen molar-refractivity contribution in [2.45, 2.75) is 33.2 Å². The van der Waals surface area contributed by atoms with Crippen LogP contribution < -0.4 is 14.4 Å². The van der Waals surface area contributed by atoms with E-state index < -0.39 is 17.7 Å². The number of hydrogen-bond acceptors (Lipinski definition) is 5. The smallest absolute Gasteiger partial charge is 0.300 e. The number of aliphatic hydroxyl groups is 1. The van der Waals surface area contributed by atoms with Crippen molar-refractivity contribution in [3.63, 3.8) is 0 Å². The van der Waals surface area contributed by atoms with E-state index in [0.717, 1.165) is 17.5 Å². The van der Waals surface area contributed by atoms with Crippen LogP contribution in [-0.2, 0) is 9.59 Å². The van der Waals surface area contributed by atoms with Crippen molar-refractivity contribution in [1.82, 2.24) is 0 Å². The first-order chi connectivity index (χ1) is 16.8. The molecule has 6 nitrogen and oxygen atoms in total. The van der Waals surface area contributed by atoms with Gasteiger partial charge in [-0.2, -0.15) is 0 Å². The fourth-order valence-electron chi connectivity index (χ4n) is 4.30. The summed E-state index contributed by atoms with van der Waals surface area (Å²) in [4.78, 5) is 28.3. The first kappa shape index (κ1) is 24.1. The maximum Gasteiger partial charge on any atom is 0.300 e. The van der Waals surface area contributed by atoms with E-state index in [1.807, 2.05) is 45.0 Å². The Hall–Kier alpha value is -4.06. The zero-order valence-electron chi connectivity index (χ0n) is 20.4. The van der Waals surface area contributed by atoms with Gasteiger partial charge in [0.2, 0.25) is 0 Å². The second-order valence-electron chi connectivity index (χ2n) is 8.61. The molecule has 0 radical (unpaired) electrons. The molecule has 1 N–H and O–H groups in total. The quantitative estimate of drug-likeness (QED) is 0.271. The summed E-state index contributed by atoms with van der Waals surface area (Å²) >= 11 is 0. The van der Waals surface area contributed by atoms with Crippen molar-refractivity contribution in [3.8, 4) is 11.5 Å². The summed E-state index contributed by atoms with van der Waals surface area (Å²) in [6.45, 7) is 6.37. The number of hydrogen-bond donors (Lipinski definition) is 1. The third-order valence-corrected chi connectivity index (χ3v) is 6.06. The molecule has 1 amide bonds. The number of Topliss-reactive ketones (excluding diaryl/α,β-unsaturated/α-hetero) is 1. The molecule has 0 aromatic heterocycles. The van der Waals surface area contributed by atoms with Gasteiger partial charge in [0.25, 0.3) is 11.7 Å². The van der Waals surface area contributed by atoms with Crippen LogP contribution in [0.3, 0.4) is 0 Å². The predicted octanol–water partition coefficient (Wildman–Crippen LogP) is 5.73. The van der Waals surface area contributed by atoms with E-state index in [2.05, 4.69) is 0 Å². The zero-order chi connectivity index (χ0) is 25.1. The molecule has 0 saturated carbocycles. The zero-order valence-corrected chi connectivity index (χ0v) is 20.4. The van der Waals surface area contributed by atoms with Crippen LogP contribution in [0.5, 0.6) is 11.5 Å². The Kier molecular flexibility index (Phi) is 6.92. The summed E-state index contributed by atoms with van der Waals surface area (Å²) in [6.07, 6.45) is 0.840. The molecule has 0 bridgehead atoms. The molecule has 3 aromatic rings. The highest BCUT2D eigenvalue weighted by atomic mass is 16.5. The summed E-state index contributed by atoms with van der Waals surface area (Å²) in [5.41, 5.74) is 3.52. The van der Waals surface area contributed by atoms with Crippen LogP contribution in [0.15, 0.2) is 72.3 Å². The summed E-state index contributed by atoms with van der Waals surface area (Å²) in [5, 5.41) is 11.4. The monoisotopic (exact) mass is 471 g/mol. The molecule has 3 aromatic carbocycles. The van der Waals surface area contributed by atoms with Crippen molar-refractivity contribution < 1.29 is 24.2 Å². The second kappa shape index (κ2) is 10.1. The van der Waals surface area contributed by atoms with Crippen molar-refractivity contribution in [2.24, 2.45) is 0 Å². The topological polar surface area (TPSA) is 76.1 Å². The minimum Gasteiger partial charge on any atom is -0.507 e. The van der Waals surface area contributed by atoms with E-state index in [-0.39, 0.29) is 11.3 Å². The Morgan fingerprint density at radius 3 is 2.46 bits per heavy atom. The molecule has 1 aliphatic rings. The van der Waals surface area contributed by atoms with E-state index in [1.165, 1.54) is 4.90 Å². The summed E-state index contributed by atoms with van der Waals surface area (Å²) in [7, 11) is 1.56. The number of amides is 1. The van der Waals surface area contributed by atoms with Gasteiger partial charge in [-0.3, -0.25) is 14.5 Å². The van der Waals surface area contributed by atoms with Crippen LogP contribution in [0, 0.1) is 13.8 Å². The number of nitrogens with zero attached hydrogens (tertiary/aromatic N) is 1. The van der Waals surface area contributed by atoms with Crippen LogP contribution in [0.2, 0.25) is 0 Å². The number of ketones is 1. The molecule has 6 heteroatoms. The summed E-state index contributed by atoms with van der Waals surface area (Å²) in [6, 6.07) is 19.0. The van der Waals surface area contributed by atoms with E-state index in [9.17, 15) is 14.7 Å². The normalized spacial score (nSPS) is 17.0. The van der Waals surface area contributed by atoms with E-state index >= 15 is 0 Å². The SMILES string of the molecule is CCCOc1cccc(/C(O)=C2\C(=O)C(=O)N(c3cc(C)ccc3C)C2c2cccc(OC)c2)c1. The molecule has 1 atom stereocenters. The van der Waals surface area contributed by atoms with Crippen LogP contribution in [0.4, 0.5) is 5.69 Å². The number of anilines is 1. The first-order valence-electron chi connectivity index (χ1n) is 11.6. The van der Waals surface area contributed by atoms with Gasteiger partial charge in [-0.15, -0.1) is 0 Å². The van der Waals surface area contributed by atoms with Crippen LogP contribution >= 0.6 is 0 Å².